The molecule has 0 fully saturated rings. The van der Waals surface area contributed by atoms with E-state index in [1.807, 2.05) is 0 Å². The molecule has 0 aliphatic carbocycles. The zero-order valence-corrected chi connectivity index (χ0v) is 6.45. The van der Waals surface area contributed by atoms with Crippen molar-refractivity contribution in [3.63, 3.8) is 0 Å². The van der Waals surface area contributed by atoms with Crippen molar-refractivity contribution < 1.29 is 9.90 Å². The number of nitrogens with two attached hydrogens (primary N) is 1. The highest BCUT2D eigenvalue weighted by Gasteiger charge is 2.01. The normalized spacial score (nSPS) is 9.33. The minimum Gasteiger partial charge on any atom is -0.508 e. The summed E-state index contributed by atoms with van der Waals surface area (Å²) in [5.74, 6) is -0.587. The van der Waals surface area contributed by atoms with Crippen molar-refractivity contribution in [1.82, 2.24) is 0 Å². The van der Waals surface area contributed by atoms with E-state index in [0.717, 1.165) is 0 Å². The second kappa shape index (κ2) is 3.09. The first-order valence-electron chi connectivity index (χ1n) is 3.39. The number of hydrogen-bond acceptors (Lipinski definition) is 2. The molecule has 0 unspecified atom stereocenters. The molecule has 12 heavy (non-hydrogen) atoms. The van der Waals surface area contributed by atoms with Crippen LogP contribution in [0.15, 0.2) is 30.8 Å². The number of hydrogen-bond donors (Lipinski definition) is 2. The molecule has 0 aliphatic heterocycles. The second-order valence-corrected chi connectivity index (χ2v) is 2.39. The number of carbonyl (C=O) groups excluding carboxylic acids is 1. The fraction of sp³-hybridized carbons (Fsp3) is 0. The maximum atomic E-state index is 10.7. The van der Waals surface area contributed by atoms with Gasteiger partial charge >= 0.3 is 0 Å². The highest BCUT2D eigenvalue weighted by molar-refractivity contribution is 5.93. The SMILES string of the molecule is C=C(O)c1cccc(C(N)=O)c1. The van der Waals surface area contributed by atoms with Crippen LogP contribution in [-0.4, -0.2) is 11.0 Å². The van der Waals surface area contributed by atoms with Crippen molar-refractivity contribution in [3.8, 4) is 0 Å². The third-order valence-electron chi connectivity index (χ3n) is 1.48. The van der Waals surface area contributed by atoms with E-state index in [2.05, 4.69) is 6.58 Å². The van der Waals surface area contributed by atoms with E-state index in [-0.39, 0.29) is 5.76 Å². The number of benzene rings is 1. The smallest absolute Gasteiger partial charge is 0.248 e. The average molecular weight is 163 g/mol. The van der Waals surface area contributed by atoms with E-state index in [0.29, 0.717) is 11.1 Å². The van der Waals surface area contributed by atoms with Crippen LogP contribution < -0.4 is 5.73 Å². The summed E-state index contributed by atoms with van der Waals surface area (Å²) in [4.78, 5) is 10.7. The Balaban J connectivity index is 3.12. The first-order valence-corrected chi connectivity index (χ1v) is 3.39. The molecule has 0 saturated carbocycles. The lowest BCUT2D eigenvalue weighted by Gasteiger charge is -1.99. The molecular formula is C9H9NO2. The molecule has 0 aromatic heterocycles. The number of rotatable bonds is 2. The number of aliphatic hydroxyl groups excluding tert-OH is 1. The van der Waals surface area contributed by atoms with Crippen LogP contribution in [0.4, 0.5) is 0 Å². The summed E-state index contributed by atoms with van der Waals surface area (Å²) in [7, 11) is 0. The Morgan fingerprint density at radius 3 is 2.50 bits per heavy atom. The fourth-order valence-electron chi connectivity index (χ4n) is 0.852. The van der Waals surface area contributed by atoms with E-state index in [1.54, 1.807) is 18.2 Å². The summed E-state index contributed by atoms with van der Waals surface area (Å²) in [5, 5.41) is 8.98. The molecular weight excluding hydrogens is 154 g/mol. The minimum atomic E-state index is -0.516. The van der Waals surface area contributed by atoms with E-state index in [9.17, 15) is 4.79 Å². The Labute approximate surface area is 70.1 Å². The first kappa shape index (κ1) is 8.33. The van der Waals surface area contributed by atoms with Gasteiger partial charge < -0.3 is 10.8 Å². The van der Waals surface area contributed by atoms with Crippen molar-refractivity contribution in [2.75, 3.05) is 0 Å². The van der Waals surface area contributed by atoms with Crippen molar-refractivity contribution in [1.29, 1.82) is 0 Å². The summed E-state index contributed by atoms with van der Waals surface area (Å²) < 4.78 is 0. The van der Waals surface area contributed by atoms with Crippen molar-refractivity contribution in [2.24, 2.45) is 5.73 Å². The zero-order valence-electron chi connectivity index (χ0n) is 6.45. The molecule has 1 amide bonds. The van der Waals surface area contributed by atoms with Crippen LogP contribution in [0.1, 0.15) is 15.9 Å². The summed E-state index contributed by atoms with van der Waals surface area (Å²) in [5.41, 5.74) is 5.90. The molecule has 1 aromatic rings. The van der Waals surface area contributed by atoms with Gasteiger partial charge in [0.2, 0.25) is 5.91 Å². The number of amides is 1. The minimum absolute atomic E-state index is 0.0712. The van der Waals surface area contributed by atoms with Gasteiger partial charge in [0, 0.05) is 11.1 Å². The fourth-order valence-corrected chi connectivity index (χ4v) is 0.852. The van der Waals surface area contributed by atoms with E-state index in [1.165, 1.54) is 6.07 Å². The lowest BCUT2D eigenvalue weighted by molar-refractivity contribution is 0.100. The molecule has 0 bridgehead atoms. The zero-order chi connectivity index (χ0) is 9.14. The molecule has 1 rings (SSSR count). The molecule has 1 aromatic carbocycles. The highest BCUT2D eigenvalue weighted by atomic mass is 16.3. The van der Waals surface area contributed by atoms with Gasteiger partial charge in [0.05, 0.1) is 0 Å². The second-order valence-electron chi connectivity index (χ2n) is 2.39. The molecule has 3 nitrogen and oxygen atoms in total. The predicted octanol–water partition coefficient (Wildman–Crippen LogP) is 1.31. The monoisotopic (exact) mass is 163 g/mol. The van der Waals surface area contributed by atoms with Gasteiger partial charge in [-0.15, -0.1) is 0 Å². The summed E-state index contributed by atoms with van der Waals surface area (Å²) in [6.07, 6.45) is 0. The van der Waals surface area contributed by atoms with Crippen LogP contribution >= 0.6 is 0 Å². The largest absolute Gasteiger partial charge is 0.508 e. The van der Waals surface area contributed by atoms with E-state index in [4.69, 9.17) is 10.8 Å². The van der Waals surface area contributed by atoms with Crippen LogP contribution in [0.5, 0.6) is 0 Å². The Kier molecular flexibility index (Phi) is 2.14. The van der Waals surface area contributed by atoms with Crippen molar-refractivity contribution in [3.05, 3.63) is 42.0 Å². The Hall–Kier alpha value is -1.77. The first-order chi connectivity index (χ1) is 5.61. The lowest BCUT2D eigenvalue weighted by atomic mass is 10.1. The topological polar surface area (TPSA) is 63.3 Å². The maximum Gasteiger partial charge on any atom is 0.248 e. The molecule has 3 N–H and O–H groups in total. The molecule has 62 valence electrons. The van der Waals surface area contributed by atoms with Crippen LogP contribution in [-0.2, 0) is 0 Å². The molecule has 0 atom stereocenters. The van der Waals surface area contributed by atoms with Gasteiger partial charge in [0.25, 0.3) is 0 Å². The standard InChI is InChI=1S/C9H9NO2/c1-6(11)7-3-2-4-8(5-7)9(10)12/h2-5,11H,1H2,(H2,10,12). The maximum absolute atomic E-state index is 10.7. The number of primary amides is 1. The molecule has 3 heteroatoms. The number of aliphatic hydroxyl groups is 1. The van der Waals surface area contributed by atoms with Crippen molar-refractivity contribution >= 4 is 11.7 Å². The van der Waals surface area contributed by atoms with E-state index < -0.39 is 5.91 Å². The van der Waals surface area contributed by atoms with Gasteiger partial charge in [-0.3, -0.25) is 4.79 Å². The van der Waals surface area contributed by atoms with Gasteiger partial charge in [-0.1, -0.05) is 18.7 Å². The number of carbonyl (C=O) groups is 1. The van der Waals surface area contributed by atoms with Crippen molar-refractivity contribution in [2.45, 2.75) is 0 Å². The van der Waals surface area contributed by atoms with E-state index >= 15 is 0 Å². The Bertz CT molecular complexity index is 302. The molecule has 0 heterocycles. The van der Waals surface area contributed by atoms with Gasteiger partial charge in [0.15, 0.2) is 0 Å². The quantitative estimate of drug-likeness (QED) is 0.645. The Morgan fingerprint density at radius 2 is 2.00 bits per heavy atom. The average Bonchev–Trinajstić information content (AvgIpc) is 2.04. The van der Waals surface area contributed by atoms with Crippen LogP contribution in [0.25, 0.3) is 5.76 Å². The summed E-state index contributed by atoms with van der Waals surface area (Å²) in [6, 6.07) is 6.35. The third kappa shape index (κ3) is 1.63. The summed E-state index contributed by atoms with van der Waals surface area (Å²) >= 11 is 0. The summed E-state index contributed by atoms with van der Waals surface area (Å²) in [6.45, 7) is 3.33. The Morgan fingerprint density at radius 1 is 1.42 bits per heavy atom. The van der Waals surface area contributed by atoms with Gasteiger partial charge in [-0.25, -0.2) is 0 Å². The molecule has 0 saturated heterocycles. The van der Waals surface area contributed by atoms with Crippen LogP contribution in [0, 0.1) is 0 Å². The lowest BCUT2D eigenvalue weighted by Crippen LogP contribution is -2.10. The van der Waals surface area contributed by atoms with Crippen LogP contribution in [0.2, 0.25) is 0 Å². The predicted molar refractivity (Wildman–Crippen MR) is 46.6 cm³/mol. The molecule has 0 spiro atoms. The highest BCUT2D eigenvalue weighted by Crippen LogP contribution is 2.10. The third-order valence-corrected chi connectivity index (χ3v) is 1.48. The van der Waals surface area contributed by atoms with Gasteiger partial charge in [-0.2, -0.15) is 0 Å². The van der Waals surface area contributed by atoms with Gasteiger partial charge in [-0.05, 0) is 12.1 Å². The molecule has 0 aliphatic rings. The van der Waals surface area contributed by atoms with Gasteiger partial charge in [0.1, 0.15) is 5.76 Å². The van der Waals surface area contributed by atoms with Crippen LogP contribution in [0.3, 0.4) is 0 Å². The molecule has 0 radical (unpaired) electrons.